The van der Waals surface area contributed by atoms with Crippen LogP contribution in [0.1, 0.15) is 62.5 Å². The van der Waals surface area contributed by atoms with Crippen LogP contribution in [0.3, 0.4) is 0 Å². The molecule has 2 fully saturated rings. The molecule has 126 valence electrons. The van der Waals surface area contributed by atoms with Crippen molar-refractivity contribution in [2.45, 2.75) is 64.0 Å². The first-order valence-electron chi connectivity index (χ1n) is 9.21. The van der Waals surface area contributed by atoms with E-state index in [1.807, 2.05) is 0 Å². The maximum absolute atomic E-state index is 12.5. The summed E-state index contributed by atoms with van der Waals surface area (Å²) in [6.07, 6.45) is 7.96. The van der Waals surface area contributed by atoms with E-state index in [2.05, 4.69) is 25.0 Å². The van der Waals surface area contributed by atoms with Gasteiger partial charge in [0.05, 0.1) is 6.54 Å². The Labute approximate surface area is 137 Å². The number of nitrogens with one attached hydrogen (secondary N) is 1. The first-order chi connectivity index (χ1) is 11.3. The van der Waals surface area contributed by atoms with Crippen LogP contribution in [0.4, 0.5) is 0 Å². The highest BCUT2D eigenvalue weighted by molar-refractivity contribution is 5.76. The predicted molar refractivity (Wildman–Crippen MR) is 86.9 cm³/mol. The highest BCUT2D eigenvalue weighted by Gasteiger charge is 2.29. The van der Waals surface area contributed by atoms with Gasteiger partial charge >= 0.3 is 0 Å². The van der Waals surface area contributed by atoms with Crippen LogP contribution >= 0.6 is 0 Å². The lowest BCUT2D eigenvalue weighted by molar-refractivity contribution is -0.133. The van der Waals surface area contributed by atoms with E-state index in [0.717, 1.165) is 63.6 Å². The molecule has 0 bridgehead atoms. The number of hydrogen-bond acceptors (Lipinski definition) is 4. The van der Waals surface area contributed by atoms with Gasteiger partial charge in [-0.05, 0) is 31.6 Å². The number of hydrogen-bond donors (Lipinski definition) is 1. The van der Waals surface area contributed by atoms with Crippen LogP contribution in [0.15, 0.2) is 0 Å². The minimum atomic E-state index is 0.378. The fraction of sp³-hybridized carbons (Fsp3) is 0.824. The van der Waals surface area contributed by atoms with Crippen molar-refractivity contribution >= 4 is 5.91 Å². The molecular weight excluding hydrogens is 290 g/mol. The highest BCUT2D eigenvalue weighted by Crippen LogP contribution is 2.31. The molecule has 0 spiro atoms. The van der Waals surface area contributed by atoms with E-state index >= 15 is 0 Å². The number of amides is 1. The molecule has 0 radical (unpaired) electrons. The van der Waals surface area contributed by atoms with Crippen molar-refractivity contribution in [3.63, 3.8) is 0 Å². The summed E-state index contributed by atoms with van der Waals surface area (Å²) in [5.74, 6) is 3.69. The molecule has 0 unspecified atom stereocenters. The van der Waals surface area contributed by atoms with E-state index in [0.29, 0.717) is 17.7 Å². The standard InChI is InChI=1S/C17H27N5O/c23-16(11-13-3-1-2-4-13)21-8-5-14(6-9-21)17-20-19-15-12-18-7-10-22(15)17/h13-14,18H,1-12H2. The molecule has 2 aliphatic heterocycles. The lowest BCUT2D eigenvalue weighted by atomic mass is 9.94. The van der Waals surface area contributed by atoms with E-state index in [1.165, 1.54) is 25.7 Å². The third kappa shape index (κ3) is 3.13. The van der Waals surface area contributed by atoms with Crippen LogP contribution in [0.5, 0.6) is 0 Å². The van der Waals surface area contributed by atoms with Crippen LogP contribution in [0.2, 0.25) is 0 Å². The topological polar surface area (TPSA) is 63.1 Å². The first-order valence-corrected chi connectivity index (χ1v) is 9.21. The minimum absolute atomic E-state index is 0.378. The minimum Gasteiger partial charge on any atom is -0.343 e. The fourth-order valence-electron chi connectivity index (χ4n) is 4.39. The van der Waals surface area contributed by atoms with Crippen LogP contribution in [-0.2, 0) is 17.9 Å². The van der Waals surface area contributed by atoms with Crippen molar-refractivity contribution in [3.05, 3.63) is 11.6 Å². The Bertz CT molecular complexity index is 555. The molecule has 1 aromatic heterocycles. The second-order valence-electron chi connectivity index (χ2n) is 7.31. The van der Waals surface area contributed by atoms with Gasteiger partial charge in [0.1, 0.15) is 11.6 Å². The van der Waals surface area contributed by atoms with Gasteiger partial charge in [0.15, 0.2) is 0 Å². The van der Waals surface area contributed by atoms with Gasteiger partial charge in [0, 0.05) is 38.5 Å². The number of aromatic nitrogens is 3. The number of fused-ring (bicyclic) bond motifs is 1. The molecule has 6 heteroatoms. The molecule has 0 aromatic carbocycles. The Hall–Kier alpha value is -1.43. The Morgan fingerprint density at radius 3 is 2.65 bits per heavy atom. The number of carbonyl (C=O) groups is 1. The molecule has 0 atom stereocenters. The normalized spacial score (nSPS) is 23.2. The van der Waals surface area contributed by atoms with Crippen LogP contribution in [-0.4, -0.2) is 45.2 Å². The van der Waals surface area contributed by atoms with Gasteiger partial charge in [-0.2, -0.15) is 0 Å². The molecule has 3 aliphatic rings. The van der Waals surface area contributed by atoms with Gasteiger partial charge < -0.3 is 14.8 Å². The molecule has 6 nitrogen and oxygen atoms in total. The van der Waals surface area contributed by atoms with Crippen molar-refractivity contribution in [2.24, 2.45) is 5.92 Å². The summed E-state index contributed by atoms with van der Waals surface area (Å²) in [6, 6.07) is 0. The van der Waals surface area contributed by atoms with E-state index in [9.17, 15) is 4.79 Å². The largest absolute Gasteiger partial charge is 0.343 e. The Morgan fingerprint density at radius 2 is 1.87 bits per heavy atom. The Morgan fingerprint density at radius 1 is 1.09 bits per heavy atom. The number of nitrogens with zero attached hydrogens (tertiary/aromatic N) is 4. The average Bonchev–Trinajstić information content (AvgIpc) is 3.24. The third-order valence-electron chi connectivity index (χ3n) is 5.80. The van der Waals surface area contributed by atoms with Gasteiger partial charge in [-0.1, -0.05) is 12.8 Å². The van der Waals surface area contributed by atoms with Crippen LogP contribution in [0, 0.1) is 5.92 Å². The highest BCUT2D eigenvalue weighted by atomic mass is 16.2. The summed E-state index contributed by atoms with van der Waals surface area (Å²) < 4.78 is 2.29. The first kappa shape index (κ1) is 15.1. The molecule has 4 rings (SSSR count). The molecule has 23 heavy (non-hydrogen) atoms. The van der Waals surface area contributed by atoms with E-state index in [-0.39, 0.29) is 0 Å². The zero-order valence-corrected chi connectivity index (χ0v) is 13.8. The van der Waals surface area contributed by atoms with E-state index in [1.54, 1.807) is 0 Å². The van der Waals surface area contributed by atoms with Gasteiger partial charge in [-0.15, -0.1) is 10.2 Å². The van der Waals surface area contributed by atoms with Gasteiger partial charge in [0.25, 0.3) is 0 Å². The number of likely N-dealkylation sites (tertiary alicyclic amines) is 1. The Kier molecular flexibility index (Phi) is 4.33. The summed E-state index contributed by atoms with van der Waals surface area (Å²) in [7, 11) is 0. The molecule has 1 amide bonds. The maximum atomic E-state index is 12.5. The molecule has 1 saturated heterocycles. The second kappa shape index (κ2) is 6.59. The summed E-state index contributed by atoms with van der Waals surface area (Å²) in [5, 5.41) is 12.1. The molecular formula is C17H27N5O. The Balaban J connectivity index is 1.33. The van der Waals surface area contributed by atoms with Gasteiger partial charge in [-0.25, -0.2) is 0 Å². The monoisotopic (exact) mass is 317 g/mol. The summed E-state index contributed by atoms with van der Waals surface area (Å²) in [5.41, 5.74) is 0. The van der Waals surface area contributed by atoms with Crippen molar-refractivity contribution in [1.82, 2.24) is 25.0 Å². The quantitative estimate of drug-likeness (QED) is 0.921. The molecule has 1 saturated carbocycles. The maximum Gasteiger partial charge on any atom is 0.222 e. The smallest absolute Gasteiger partial charge is 0.222 e. The van der Waals surface area contributed by atoms with Crippen LogP contribution < -0.4 is 5.32 Å². The van der Waals surface area contributed by atoms with Gasteiger partial charge in [0.2, 0.25) is 5.91 Å². The zero-order chi connectivity index (χ0) is 15.6. The second-order valence-corrected chi connectivity index (χ2v) is 7.31. The predicted octanol–water partition coefficient (Wildman–Crippen LogP) is 1.67. The summed E-state index contributed by atoms with van der Waals surface area (Å²) in [4.78, 5) is 14.6. The fourth-order valence-corrected chi connectivity index (χ4v) is 4.39. The zero-order valence-electron chi connectivity index (χ0n) is 13.8. The number of rotatable bonds is 3. The average molecular weight is 317 g/mol. The molecule has 1 aliphatic carbocycles. The van der Waals surface area contributed by atoms with Crippen molar-refractivity contribution in [3.8, 4) is 0 Å². The summed E-state index contributed by atoms with van der Waals surface area (Å²) >= 11 is 0. The lowest BCUT2D eigenvalue weighted by Crippen LogP contribution is -2.39. The van der Waals surface area contributed by atoms with Crippen molar-refractivity contribution < 1.29 is 4.79 Å². The van der Waals surface area contributed by atoms with Gasteiger partial charge in [-0.3, -0.25) is 4.79 Å². The molecule has 3 heterocycles. The molecule has 1 N–H and O–H groups in total. The number of carbonyl (C=O) groups excluding carboxylic acids is 1. The summed E-state index contributed by atoms with van der Waals surface area (Å²) in [6.45, 7) is 4.56. The molecule has 1 aromatic rings. The third-order valence-corrected chi connectivity index (χ3v) is 5.80. The van der Waals surface area contributed by atoms with E-state index in [4.69, 9.17) is 0 Å². The van der Waals surface area contributed by atoms with Crippen molar-refractivity contribution in [1.29, 1.82) is 0 Å². The lowest BCUT2D eigenvalue weighted by Gasteiger charge is -2.32. The SMILES string of the molecule is O=C(CC1CCCC1)N1CCC(c2nnc3n2CCNC3)CC1. The number of piperidine rings is 1. The van der Waals surface area contributed by atoms with E-state index < -0.39 is 0 Å². The van der Waals surface area contributed by atoms with Crippen molar-refractivity contribution in [2.75, 3.05) is 19.6 Å². The van der Waals surface area contributed by atoms with Crippen LogP contribution in [0.25, 0.3) is 0 Å².